The molecule has 3 aromatic carbocycles. The third-order valence-electron chi connectivity index (χ3n) is 5.85. The van der Waals surface area contributed by atoms with Gasteiger partial charge >= 0.3 is 6.03 Å². The number of rotatable bonds is 11. The van der Waals surface area contributed by atoms with Crippen molar-refractivity contribution in [2.45, 2.75) is 38.5 Å². The summed E-state index contributed by atoms with van der Waals surface area (Å²) in [4.78, 5) is 26.8. The Balaban J connectivity index is 1.67. The Morgan fingerprint density at radius 1 is 0.946 bits per heavy atom. The molecule has 5 N–H and O–H groups in total. The normalized spacial score (nSPS) is 12.5. The Kier molecular flexibility index (Phi) is 10.1. The van der Waals surface area contributed by atoms with Gasteiger partial charge in [0.05, 0.1) is 12.6 Å². The first-order valence-electron chi connectivity index (χ1n) is 12.1. The largest absolute Gasteiger partial charge is 0.390 e. The summed E-state index contributed by atoms with van der Waals surface area (Å²) in [5, 5.41) is 16.0. The van der Waals surface area contributed by atoms with Crippen LogP contribution >= 0.6 is 0 Å². The standard InChI is InChI=1S/C28H32F2N4O3/c1-2-19-7-6-8-20(11-19)17-34(27(36)16-32-28(37)33-24-9-4-3-5-10-24)18-26(35)25(31)14-21-12-22(29)15-23(30)13-21/h3-13,15,25-26,35H,2,14,16-18,31H2,1H3,(H2,32,33,37)/t25-,26+/m0/s1. The molecule has 3 rings (SSSR count). The molecule has 9 heteroatoms. The Morgan fingerprint density at radius 2 is 1.62 bits per heavy atom. The molecule has 0 fully saturated rings. The molecular weight excluding hydrogens is 478 g/mol. The third-order valence-corrected chi connectivity index (χ3v) is 5.85. The fourth-order valence-corrected chi connectivity index (χ4v) is 3.89. The van der Waals surface area contributed by atoms with Gasteiger partial charge in [-0.25, -0.2) is 13.6 Å². The maximum atomic E-state index is 13.6. The topological polar surface area (TPSA) is 108 Å². The van der Waals surface area contributed by atoms with Crippen molar-refractivity contribution in [2.75, 3.05) is 18.4 Å². The molecule has 0 saturated carbocycles. The van der Waals surface area contributed by atoms with Crippen LogP contribution in [-0.2, 0) is 24.2 Å². The lowest BCUT2D eigenvalue weighted by atomic mass is 10.0. The van der Waals surface area contributed by atoms with Gasteiger partial charge < -0.3 is 26.4 Å². The molecule has 2 atom stereocenters. The van der Waals surface area contributed by atoms with Crippen molar-refractivity contribution in [3.63, 3.8) is 0 Å². The minimum absolute atomic E-state index is 0.0148. The summed E-state index contributed by atoms with van der Waals surface area (Å²) >= 11 is 0. The highest BCUT2D eigenvalue weighted by molar-refractivity contribution is 5.92. The number of nitrogens with two attached hydrogens (primary N) is 1. The Bertz CT molecular complexity index is 1170. The predicted molar refractivity (Wildman–Crippen MR) is 139 cm³/mol. The summed E-state index contributed by atoms with van der Waals surface area (Å²) in [5.74, 6) is -1.89. The summed E-state index contributed by atoms with van der Waals surface area (Å²) in [6.07, 6.45) is -0.343. The van der Waals surface area contributed by atoms with E-state index in [1.54, 1.807) is 24.3 Å². The minimum atomic E-state index is -1.18. The number of hydrogen-bond donors (Lipinski definition) is 4. The van der Waals surface area contributed by atoms with Crippen LogP contribution in [0, 0.1) is 11.6 Å². The maximum Gasteiger partial charge on any atom is 0.319 e. The first kappa shape index (κ1) is 27.8. The van der Waals surface area contributed by atoms with E-state index in [9.17, 15) is 23.5 Å². The minimum Gasteiger partial charge on any atom is -0.390 e. The quantitative estimate of drug-likeness (QED) is 0.316. The van der Waals surface area contributed by atoms with Crippen LogP contribution in [0.1, 0.15) is 23.6 Å². The van der Waals surface area contributed by atoms with E-state index >= 15 is 0 Å². The van der Waals surface area contributed by atoms with Crippen molar-refractivity contribution in [1.29, 1.82) is 0 Å². The molecule has 0 aromatic heterocycles. The second-order valence-electron chi connectivity index (χ2n) is 8.83. The lowest BCUT2D eigenvalue weighted by molar-refractivity contribution is -0.132. The average molecular weight is 511 g/mol. The predicted octanol–water partition coefficient (Wildman–Crippen LogP) is 3.61. The van der Waals surface area contributed by atoms with Crippen LogP contribution < -0.4 is 16.4 Å². The van der Waals surface area contributed by atoms with E-state index in [0.717, 1.165) is 35.7 Å². The lowest BCUT2D eigenvalue weighted by Crippen LogP contribution is -2.48. The first-order chi connectivity index (χ1) is 17.7. The molecule has 0 aliphatic carbocycles. The lowest BCUT2D eigenvalue weighted by Gasteiger charge is -2.28. The van der Waals surface area contributed by atoms with Crippen LogP contribution in [0.25, 0.3) is 0 Å². The van der Waals surface area contributed by atoms with Gasteiger partial charge in [-0.05, 0) is 53.8 Å². The van der Waals surface area contributed by atoms with Gasteiger partial charge in [0, 0.05) is 30.9 Å². The zero-order chi connectivity index (χ0) is 26.8. The molecule has 37 heavy (non-hydrogen) atoms. The zero-order valence-electron chi connectivity index (χ0n) is 20.7. The molecular formula is C28H32F2N4O3. The Labute approximate surface area is 215 Å². The maximum absolute atomic E-state index is 13.6. The van der Waals surface area contributed by atoms with Gasteiger partial charge in [-0.1, -0.05) is 49.4 Å². The molecule has 0 saturated heterocycles. The number of aliphatic hydroxyl groups is 1. The van der Waals surface area contributed by atoms with Gasteiger partial charge in [0.25, 0.3) is 0 Å². The number of amides is 3. The summed E-state index contributed by atoms with van der Waals surface area (Å²) in [6.45, 7) is 1.78. The molecule has 0 bridgehead atoms. The molecule has 196 valence electrons. The van der Waals surface area contributed by atoms with Gasteiger partial charge in [-0.3, -0.25) is 4.79 Å². The summed E-state index contributed by atoms with van der Waals surface area (Å²) < 4.78 is 27.1. The number of aliphatic hydroxyl groups excluding tert-OH is 1. The van der Waals surface area contributed by atoms with Crippen molar-refractivity contribution in [3.05, 3.63) is 101 Å². The molecule has 7 nitrogen and oxygen atoms in total. The van der Waals surface area contributed by atoms with E-state index in [2.05, 4.69) is 10.6 Å². The SMILES string of the molecule is CCc1cccc(CN(C[C@@H](O)[C@@H](N)Cc2cc(F)cc(F)c2)C(=O)CNC(=O)Nc2ccccc2)c1. The van der Waals surface area contributed by atoms with Gasteiger partial charge in [0.2, 0.25) is 5.91 Å². The highest BCUT2D eigenvalue weighted by atomic mass is 19.1. The number of carbonyl (C=O) groups is 2. The molecule has 0 aliphatic rings. The smallest absolute Gasteiger partial charge is 0.319 e. The molecule has 0 aliphatic heterocycles. The van der Waals surface area contributed by atoms with E-state index < -0.39 is 35.7 Å². The summed E-state index contributed by atoms with van der Waals surface area (Å²) in [7, 11) is 0. The fraction of sp³-hybridized carbons (Fsp3) is 0.286. The van der Waals surface area contributed by atoms with Crippen molar-refractivity contribution in [3.8, 4) is 0 Å². The van der Waals surface area contributed by atoms with E-state index in [0.29, 0.717) is 11.3 Å². The number of aryl methyl sites for hydroxylation is 1. The number of nitrogens with one attached hydrogen (secondary N) is 2. The third kappa shape index (κ3) is 8.96. The molecule has 0 unspecified atom stereocenters. The number of para-hydroxylation sites is 1. The van der Waals surface area contributed by atoms with Crippen molar-refractivity contribution >= 4 is 17.6 Å². The van der Waals surface area contributed by atoms with Gasteiger partial charge in [0.1, 0.15) is 11.6 Å². The number of hydrogen-bond acceptors (Lipinski definition) is 4. The van der Waals surface area contributed by atoms with Crippen molar-refractivity contribution in [1.82, 2.24) is 10.2 Å². The van der Waals surface area contributed by atoms with Crippen LogP contribution in [0.4, 0.5) is 19.3 Å². The van der Waals surface area contributed by atoms with E-state index in [4.69, 9.17) is 5.73 Å². The number of benzene rings is 3. The molecule has 0 spiro atoms. The monoisotopic (exact) mass is 510 g/mol. The summed E-state index contributed by atoms with van der Waals surface area (Å²) in [6, 6.07) is 18.2. The van der Waals surface area contributed by atoms with Gasteiger partial charge in [0.15, 0.2) is 0 Å². The Morgan fingerprint density at radius 3 is 2.30 bits per heavy atom. The van der Waals surface area contributed by atoms with Crippen molar-refractivity contribution in [2.24, 2.45) is 5.73 Å². The van der Waals surface area contributed by atoms with Crippen LogP contribution in [0.5, 0.6) is 0 Å². The van der Waals surface area contributed by atoms with E-state index in [1.807, 2.05) is 37.3 Å². The first-order valence-corrected chi connectivity index (χ1v) is 12.1. The number of halogens is 2. The van der Waals surface area contributed by atoms with E-state index in [-0.39, 0.29) is 26.1 Å². The van der Waals surface area contributed by atoms with Crippen LogP contribution in [0.2, 0.25) is 0 Å². The average Bonchev–Trinajstić information content (AvgIpc) is 2.87. The number of nitrogens with zero attached hydrogens (tertiary/aromatic N) is 1. The zero-order valence-corrected chi connectivity index (χ0v) is 20.7. The van der Waals surface area contributed by atoms with Gasteiger partial charge in [-0.2, -0.15) is 0 Å². The van der Waals surface area contributed by atoms with E-state index in [1.165, 1.54) is 4.90 Å². The van der Waals surface area contributed by atoms with Crippen LogP contribution in [0.15, 0.2) is 72.8 Å². The van der Waals surface area contributed by atoms with Crippen LogP contribution in [0.3, 0.4) is 0 Å². The van der Waals surface area contributed by atoms with Crippen LogP contribution in [-0.4, -0.2) is 47.2 Å². The second-order valence-corrected chi connectivity index (χ2v) is 8.83. The molecule has 0 radical (unpaired) electrons. The number of carbonyl (C=O) groups excluding carboxylic acids is 2. The number of urea groups is 1. The Hall–Kier alpha value is -3.82. The molecule has 3 amide bonds. The van der Waals surface area contributed by atoms with Gasteiger partial charge in [-0.15, -0.1) is 0 Å². The fourth-order valence-electron chi connectivity index (χ4n) is 3.89. The van der Waals surface area contributed by atoms with Crippen molar-refractivity contribution < 1.29 is 23.5 Å². The summed E-state index contributed by atoms with van der Waals surface area (Å²) in [5.41, 5.74) is 8.96. The highest BCUT2D eigenvalue weighted by Crippen LogP contribution is 2.14. The number of anilines is 1. The second kappa shape index (κ2) is 13.5. The molecule has 3 aromatic rings. The molecule has 0 heterocycles. The highest BCUT2D eigenvalue weighted by Gasteiger charge is 2.23.